The second kappa shape index (κ2) is 7.16. The molecule has 0 amide bonds. The van der Waals surface area contributed by atoms with E-state index in [9.17, 15) is 9.59 Å². The molecule has 0 aromatic rings. The van der Waals surface area contributed by atoms with Crippen molar-refractivity contribution in [3.8, 4) is 0 Å². The maximum absolute atomic E-state index is 13.2. The number of carbonyl (C=O) groups excluding carboxylic acids is 2. The van der Waals surface area contributed by atoms with E-state index in [1.807, 2.05) is 6.92 Å². The molecule has 4 rings (SSSR count). The molecule has 4 aliphatic rings. The molecule has 4 aliphatic carbocycles. The highest BCUT2D eigenvalue weighted by atomic mass is 16.1. The molecule has 0 radical (unpaired) electrons. The normalized spacial score (nSPS) is 46.1. The first-order valence-corrected chi connectivity index (χ1v) is 12.7. The quantitative estimate of drug-likeness (QED) is 0.351. The lowest BCUT2D eigenvalue weighted by atomic mass is 9.40. The largest absolute Gasteiger partial charge is 0.300 e. The van der Waals surface area contributed by atoms with E-state index in [1.165, 1.54) is 25.7 Å². The fourth-order valence-electron chi connectivity index (χ4n) is 9.36. The molecule has 7 atom stereocenters. The average Bonchev–Trinajstić information content (AvgIpc) is 2.96. The molecular formula is C29H44O2. The summed E-state index contributed by atoms with van der Waals surface area (Å²) in [6, 6.07) is 0. The van der Waals surface area contributed by atoms with E-state index < -0.39 is 0 Å². The Bertz CT molecular complexity index is 860. The smallest absolute Gasteiger partial charge is 0.164 e. The topological polar surface area (TPSA) is 34.1 Å². The molecule has 2 heteroatoms. The highest BCUT2D eigenvalue weighted by Crippen LogP contribution is 2.73. The minimum Gasteiger partial charge on any atom is -0.300 e. The second-order valence-electron chi connectivity index (χ2n) is 12.9. The number of fused-ring (bicyclic) bond motifs is 5. The van der Waals surface area contributed by atoms with Crippen LogP contribution in [0.25, 0.3) is 0 Å². The molecule has 31 heavy (non-hydrogen) atoms. The minimum absolute atomic E-state index is 0.163. The molecule has 7 unspecified atom stereocenters. The highest BCUT2D eigenvalue weighted by Gasteiger charge is 2.65. The van der Waals surface area contributed by atoms with E-state index in [-0.39, 0.29) is 21.7 Å². The molecule has 0 N–H and O–H groups in total. The number of carbonyl (C=O) groups is 2. The van der Waals surface area contributed by atoms with Crippen molar-refractivity contribution in [3.63, 3.8) is 0 Å². The zero-order valence-electron chi connectivity index (χ0n) is 21.2. The van der Waals surface area contributed by atoms with Crippen LogP contribution in [0, 0.1) is 45.3 Å². The number of Topliss-reactive ketones (excluding diaryl/α,β-unsaturated/α-hetero) is 2. The van der Waals surface area contributed by atoms with E-state index in [2.05, 4.69) is 53.7 Å². The summed E-state index contributed by atoms with van der Waals surface area (Å²) in [6.45, 7) is 18.1. The van der Waals surface area contributed by atoms with Crippen molar-refractivity contribution in [1.29, 1.82) is 0 Å². The van der Waals surface area contributed by atoms with Crippen LogP contribution >= 0.6 is 0 Å². The Hall–Kier alpha value is -1.18. The molecule has 0 aromatic carbocycles. The Morgan fingerprint density at radius 2 is 1.84 bits per heavy atom. The SMILES string of the molecule is CC=C1CC2(C)C3CCC4(C)C(C(C)CC(C)=O)CCC4(C)C3=CCC2C(C)(C)C1=O. The molecule has 0 heterocycles. The van der Waals surface area contributed by atoms with Crippen molar-refractivity contribution in [2.75, 3.05) is 0 Å². The first kappa shape index (κ1) is 23.0. The zero-order chi connectivity index (χ0) is 23.0. The number of rotatable bonds is 3. The third kappa shape index (κ3) is 2.95. The van der Waals surface area contributed by atoms with Crippen LogP contribution in [0.3, 0.4) is 0 Å². The van der Waals surface area contributed by atoms with Crippen LogP contribution in [-0.4, -0.2) is 11.6 Å². The Morgan fingerprint density at radius 3 is 2.45 bits per heavy atom. The Kier molecular flexibility index (Phi) is 5.31. The molecule has 3 saturated carbocycles. The van der Waals surface area contributed by atoms with Gasteiger partial charge >= 0.3 is 0 Å². The van der Waals surface area contributed by atoms with Gasteiger partial charge in [0.05, 0.1) is 0 Å². The molecular weight excluding hydrogens is 380 g/mol. The van der Waals surface area contributed by atoms with Gasteiger partial charge in [-0.15, -0.1) is 0 Å². The van der Waals surface area contributed by atoms with Gasteiger partial charge in [-0.25, -0.2) is 0 Å². The Labute approximate surface area is 190 Å². The van der Waals surface area contributed by atoms with Crippen molar-refractivity contribution in [2.24, 2.45) is 45.3 Å². The molecule has 0 aliphatic heterocycles. The molecule has 172 valence electrons. The van der Waals surface area contributed by atoms with E-state index in [4.69, 9.17) is 0 Å². The van der Waals surface area contributed by atoms with E-state index >= 15 is 0 Å². The summed E-state index contributed by atoms with van der Waals surface area (Å²) in [5.41, 5.74) is 3.14. The van der Waals surface area contributed by atoms with Gasteiger partial charge < -0.3 is 4.79 Å². The first-order valence-electron chi connectivity index (χ1n) is 12.7. The molecule has 0 spiro atoms. The van der Waals surface area contributed by atoms with E-state index in [0.717, 1.165) is 24.8 Å². The summed E-state index contributed by atoms with van der Waals surface area (Å²) in [5.74, 6) is 2.80. The van der Waals surface area contributed by atoms with Gasteiger partial charge in [0, 0.05) is 11.8 Å². The van der Waals surface area contributed by atoms with Gasteiger partial charge in [-0.1, -0.05) is 59.3 Å². The molecule has 0 aromatic heterocycles. The first-order chi connectivity index (χ1) is 14.3. The van der Waals surface area contributed by atoms with Crippen LogP contribution in [-0.2, 0) is 9.59 Å². The van der Waals surface area contributed by atoms with Gasteiger partial charge in [-0.2, -0.15) is 0 Å². The monoisotopic (exact) mass is 424 g/mol. The number of hydrogen-bond donors (Lipinski definition) is 0. The Morgan fingerprint density at radius 1 is 1.16 bits per heavy atom. The minimum atomic E-state index is -0.285. The second-order valence-corrected chi connectivity index (χ2v) is 12.9. The Balaban J connectivity index is 1.74. The highest BCUT2D eigenvalue weighted by molar-refractivity contribution is 6.00. The van der Waals surface area contributed by atoms with Gasteiger partial charge in [0.1, 0.15) is 5.78 Å². The van der Waals surface area contributed by atoms with Crippen molar-refractivity contribution < 1.29 is 9.59 Å². The van der Waals surface area contributed by atoms with Crippen LogP contribution < -0.4 is 0 Å². The van der Waals surface area contributed by atoms with Gasteiger partial charge in [-0.3, -0.25) is 4.79 Å². The lowest BCUT2D eigenvalue weighted by Crippen LogP contribution is -2.57. The summed E-state index contributed by atoms with van der Waals surface area (Å²) in [4.78, 5) is 25.1. The van der Waals surface area contributed by atoms with E-state index in [1.54, 1.807) is 12.5 Å². The van der Waals surface area contributed by atoms with Gasteiger partial charge in [0.25, 0.3) is 0 Å². The third-order valence-electron chi connectivity index (χ3n) is 11.1. The predicted molar refractivity (Wildman–Crippen MR) is 128 cm³/mol. The van der Waals surface area contributed by atoms with E-state index in [0.29, 0.717) is 35.2 Å². The van der Waals surface area contributed by atoms with Crippen molar-refractivity contribution in [1.82, 2.24) is 0 Å². The van der Waals surface area contributed by atoms with Crippen LogP contribution in [0.4, 0.5) is 0 Å². The van der Waals surface area contributed by atoms with Crippen LogP contribution in [0.2, 0.25) is 0 Å². The summed E-state index contributed by atoms with van der Waals surface area (Å²) in [7, 11) is 0. The van der Waals surface area contributed by atoms with Crippen LogP contribution in [0.15, 0.2) is 23.3 Å². The summed E-state index contributed by atoms with van der Waals surface area (Å²) in [6.07, 6.45) is 12.4. The maximum atomic E-state index is 13.2. The third-order valence-corrected chi connectivity index (χ3v) is 11.1. The molecule has 0 saturated heterocycles. The molecule has 0 bridgehead atoms. The van der Waals surface area contributed by atoms with Crippen LogP contribution in [0.1, 0.15) is 100 Å². The van der Waals surface area contributed by atoms with Gasteiger partial charge in [0.15, 0.2) is 5.78 Å². The average molecular weight is 425 g/mol. The summed E-state index contributed by atoms with van der Waals surface area (Å²) < 4.78 is 0. The van der Waals surface area contributed by atoms with Gasteiger partial charge in [0.2, 0.25) is 0 Å². The van der Waals surface area contributed by atoms with Crippen molar-refractivity contribution in [2.45, 2.75) is 100 Å². The van der Waals surface area contributed by atoms with Gasteiger partial charge in [-0.05, 0) is 97.9 Å². The number of ketones is 2. The summed E-state index contributed by atoms with van der Waals surface area (Å²) in [5, 5.41) is 0. The molecule has 2 nitrogen and oxygen atoms in total. The lowest BCUT2D eigenvalue weighted by molar-refractivity contribution is -0.138. The molecule has 3 fully saturated rings. The van der Waals surface area contributed by atoms with Crippen molar-refractivity contribution >= 4 is 11.6 Å². The fourth-order valence-corrected chi connectivity index (χ4v) is 9.36. The number of hydrogen-bond acceptors (Lipinski definition) is 2. The maximum Gasteiger partial charge on any atom is 0.164 e. The van der Waals surface area contributed by atoms with Crippen LogP contribution in [0.5, 0.6) is 0 Å². The zero-order valence-corrected chi connectivity index (χ0v) is 21.2. The lowest BCUT2D eigenvalue weighted by Gasteiger charge is -2.63. The fraction of sp³-hybridized carbons (Fsp3) is 0.793. The summed E-state index contributed by atoms with van der Waals surface area (Å²) >= 11 is 0. The standard InChI is InChI=1S/C29H44O2/c1-9-20-17-27(6)22-13-15-28(7)21(18(2)16-19(3)30)12-14-29(28,8)23(22)10-11-24(27)26(4,5)25(20)31/h9-10,18,21-22,24H,11-17H2,1-8H3. The number of allylic oxidation sites excluding steroid dienone is 4. The van der Waals surface area contributed by atoms with Crippen molar-refractivity contribution in [3.05, 3.63) is 23.3 Å². The predicted octanol–water partition coefficient (Wildman–Crippen LogP) is 7.33.